The second kappa shape index (κ2) is 8.38. The average Bonchev–Trinajstić information content (AvgIpc) is 2.41. The normalized spacial score (nSPS) is 11.1. The second-order valence-electron chi connectivity index (χ2n) is 5.03. The van der Waals surface area contributed by atoms with Crippen LogP contribution in [-0.2, 0) is 4.79 Å². The molecule has 0 unspecified atom stereocenters. The van der Waals surface area contributed by atoms with Crippen LogP contribution in [0.1, 0.15) is 17.5 Å². The van der Waals surface area contributed by atoms with E-state index in [0.29, 0.717) is 6.54 Å². The molecule has 0 saturated heterocycles. The first-order chi connectivity index (χ1) is 9.52. The zero-order valence-corrected chi connectivity index (χ0v) is 12.8. The molecule has 1 aromatic rings. The molecule has 1 N–H and O–H groups in total. The van der Waals surface area contributed by atoms with Crippen LogP contribution in [0, 0.1) is 6.92 Å². The Bertz CT molecular complexity index is 468. The smallest absolute Gasteiger partial charge is 0.244 e. The molecule has 0 heterocycles. The predicted molar refractivity (Wildman–Crippen MR) is 82.9 cm³/mol. The summed E-state index contributed by atoms with van der Waals surface area (Å²) in [7, 11) is 5.67. The standard InChI is InChI=1S/C16H24N2O2/c1-13-6-8-15(20-4)14(12-13)7-9-16(19)17-10-5-11-18(2)3/h6-9,12H,5,10-11H2,1-4H3,(H,17,19)/b9-7+. The van der Waals surface area contributed by atoms with Crippen molar-refractivity contribution in [1.82, 2.24) is 10.2 Å². The molecular weight excluding hydrogens is 252 g/mol. The molecule has 0 aromatic heterocycles. The molecule has 4 nitrogen and oxygen atoms in total. The van der Waals surface area contributed by atoms with Crippen LogP contribution in [0.4, 0.5) is 0 Å². The molecule has 0 spiro atoms. The van der Waals surface area contributed by atoms with E-state index in [1.54, 1.807) is 19.3 Å². The first-order valence-electron chi connectivity index (χ1n) is 6.78. The topological polar surface area (TPSA) is 41.6 Å². The van der Waals surface area contributed by atoms with Crippen LogP contribution in [0.2, 0.25) is 0 Å². The number of carbonyl (C=O) groups is 1. The number of nitrogens with one attached hydrogen (secondary N) is 1. The Morgan fingerprint density at radius 3 is 2.80 bits per heavy atom. The molecule has 0 saturated carbocycles. The van der Waals surface area contributed by atoms with Gasteiger partial charge in [0, 0.05) is 18.2 Å². The van der Waals surface area contributed by atoms with E-state index >= 15 is 0 Å². The Labute approximate surface area is 121 Å². The summed E-state index contributed by atoms with van der Waals surface area (Å²) in [4.78, 5) is 13.8. The van der Waals surface area contributed by atoms with Gasteiger partial charge >= 0.3 is 0 Å². The van der Waals surface area contributed by atoms with Crippen molar-refractivity contribution in [2.75, 3.05) is 34.3 Å². The third-order valence-corrected chi connectivity index (χ3v) is 2.88. The van der Waals surface area contributed by atoms with Gasteiger partial charge in [0.2, 0.25) is 5.91 Å². The number of benzene rings is 1. The van der Waals surface area contributed by atoms with Gasteiger partial charge in [-0.05, 0) is 52.2 Å². The molecule has 20 heavy (non-hydrogen) atoms. The fraction of sp³-hybridized carbons (Fsp3) is 0.438. The van der Waals surface area contributed by atoms with Crippen molar-refractivity contribution in [1.29, 1.82) is 0 Å². The Kier molecular flexibility index (Phi) is 6.81. The summed E-state index contributed by atoms with van der Waals surface area (Å²) in [6.07, 6.45) is 4.28. The Morgan fingerprint density at radius 2 is 2.15 bits per heavy atom. The molecule has 1 aromatic carbocycles. The minimum atomic E-state index is -0.0766. The minimum absolute atomic E-state index is 0.0766. The van der Waals surface area contributed by atoms with Gasteiger partial charge in [-0.2, -0.15) is 0 Å². The number of hydrogen-bond donors (Lipinski definition) is 1. The summed E-state index contributed by atoms with van der Waals surface area (Å²) >= 11 is 0. The number of amides is 1. The number of ether oxygens (including phenoxy) is 1. The number of aryl methyl sites for hydroxylation is 1. The van der Waals surface area contributed by atoms with Crippen LogP contribution >= 0.6 is 0 Å². The molecular formula is C16H24N2O2. The predicted octanol–water partition coefficient (Wildman–Crippen LogP) is 2.08. The molecule has 0 radical (unpaired) electrons. The lowest BCUT2D eigenvalue weighted by atomic mass is 10.1. The SMILES string of the molecule is COc1ccc(C)cc1/C=C/C(=O)NCCCN(C)C. The number of hydrogen-bond acceptors (Lipinski definition) is 3. The zero-order chi connectivity index (χ0) is 15.0. The van der Waals surface area contributed by atoms with Crippen LogP contribution in [0.5, 0.6) is 5.75 Å². The van der Waals surface area contributed by atoms with Crippen LogP contribution in [0.3, 0.4) is 0 Å². The highest BCUT2D eigenvalue weighted by Crippen LogP contribution is 2.20. The van der Waals surface area contributed by atoms with Crippen molar-refractivity contribution in [3.8, 4) is 5.75 Å². The van der Waals surface area contributed by atoms with Crippen LogP contribution in [-0.4, -0.2) is 45.1 Å². The van der Waals surface area contributed by atoms with E-state index in [2.05, 4.69) is 10.2 Å². The molecule has 0 bridgehead atoms. The Morgan fingerprint density at radius 1 is 1.40 bits per heavy atom. The molecule has 1 rings (SSSR count). The highest BCUT2D eigenvalue weighted by atomic mass is 16.5. The van der Waals surface area contributed by atoms with Gasteiger partial charge in [0.05, 0.1) is 7.11 Å². The molecule has 1 amide bonds. The van der Waals surface area contributed by atoms with E-state index in [0.717, 1.165) is 29.8 Å². The number of nitrogens with zero attached hydrogens (tertiary/aromatic N) is 1. The molecule has 0 aliphatic rings. The van der Waals surface area contributed by atoms with Crippen molar-refractivity contribution >= 4 is 12.0 Å². The van der Waals surface area contributed by atoms with Crippen molar-refractivity contribution in [2.45, 2.75) is 13.3 Å². The maximum absolute atomic E-state index is 11.7. The average molecular weight is 276 g/mol. The fourth-order valence-corrected chi connectivity index (χ4v) is 1.82. The lowest BCUT2D eigenvalue weighted by Gasteiger charge is -2.09. The van der Waals surface area contributed by atoms with E-state index in [9.17, 15) is 4.79 Å². The highest BCUT2D eigenvalue weighted by molar-refractivity contribution is 5.92. The van der Waals surface area contributed by atoms with Crippen molar-refractivity contribution < 1.29 is 9.53 Å². The van der Waals surface area contributed by atoms with Gasteiger partial charge in [-0.15, -0.1) is 0 Å². The molecule has 0 atom stereocenters. The number of methoxy groups -OCH3 is 1. The summed E-state index contributed by atoms with van der Waals surface area (Å²) in [5.41, 5.74) is 2.05. The van der Waals surface area contributed by atoms with Crippen LogP contribution in [0.25, 0.3) is 6.08 Å². The molecule has 4 heteroatoms. The summed E-state index contributed by atoms with van der Waals surface area (Å²) in [6, 6.07) is 5.89. The van der Waals surface area contributed by atoms with Crippen LogP contribution in [0.15, 0.2) is 24.3 Å². The van der Waals surface area contributed by atoms with E-state index in [1.807, 2.05) is 39.2 Å². The Balaban J connectivity index is 2.50. The van der Waals surface area contributed by atoms with Gasteiger partial charge in [0.25, 0.3) is 0 Å². The molecule has 0 fully saturated rings. The van der Waals surface area contributed by atoms with Crippen molar-refractivity contribution in [2.24, 2.45) is 0 Å². The lowest BCUT2D eigenvalue weighted by molar-refractivity contribution is -0.116. The van der Waals surface area contributed by atoms with E-state index in [-0.39, 0.29) is 5.91 Å². The zero-order valence-electron chi connectivity index (χ0n) is 12.8. The third-order valence-electron chi connectivity index (χ3n) is 2.88. The maximum Gasteiger partial charge on any atom is 0.244 e. The van der Waals surface area contributed by atoms with Gasteiger partial charge in [0.1, 0.15) is 5.75 Å². The summed E-state index contributed by atoms with van der Waals surface area (Å²) in [5, 5.41) is 2.87. The van der Waals surface area contributed by atoms with E-state index in [1.165, 1.54) is 0 Å². The lowest BCUT2D eigenvalue weighted by Crippen LogP contribution is -2.25. The first kappa shape index (κ1) is 16.2. The van der Waals surface area contributed by atoms with Crippen LogP contribution < -0.4 is 10.1 Å². The number of carbonyl (C=O) groups excluding carboxylic acids is 1. The monoisotopic (exact) mass is 276 g/mol. The molecule has 0 aliphatic heterocycles. The quantitative estimate of drug-likeness (QED) is 0.612. The second-order valence-corrected chi connectivity index (χ2v) is 5.03. The largest absolute Gasteiger partial charge is 0.496 e. The number of rotatable bonds is 7. The first-order valence-corrected chi connectivity index (χ1v) is 6.78. The third kappa shape index (κ3) is 5.89. The summed E-state index contributed by atoms with van der Waals surface area (Å²) < 4.78 is 5.27. The summed E-state index contributed by atoms with van der Waals surface area (Å²) in [6.45, 7) is 3.67. The van der Waals surface area contributed by atoms with E-state index in [4.69, 9.17) is 4.74 Å². The molecule has 0 aliphatic carbocycles. The maximum atomic E-state index is 11.7. The van der Waals surface area contributed by atoms with Gasteiger partial charge < -0.3 is 15.0 Å². The minimum Gasteiger partial charge on any atom is -0.496 e. The van der Waals surface area contributed by atoms with Gasteiger partial charge in [-0.25, -0.2) is 0 Å². The summed E-state index contributed by atoms with van der Waals surface area (Å²) in [5.74, 6) is 0.694. The van der Waals surface area contributed by atoms with E-state index < -0.39 is 0 Å². The van der Waals surface area contributed by atoms with Gasteiger partial charge in [-0.1, -0.05) is 11.6 Å². The van der Waals surface area contributed by atoms with Crippen molar-refractivity contribution in [3.05, 3.63) is 35.4 Å². The molecule has 110 valence electrons. The highest BCUT2D eigenvalue weighted by Gasteiger charge is 2.01. The Hall–Kier alpha value is -1.81. The fourth-order valence-electron chi connectivity index (χ4n) is 1.82. The van der Waals surface area contributed by atoms with Gasteiger partial charge in [-0.3, -0.25) is 4.79 Å². The van der Waals surface area contributed by atoms with Crippen molar-refractivity contribution in [3.63, 3.8) is 0 Å². The van der Waals surface area contributed by atoms with Gasteiger partial charge in [0.15, 0.2) is 0 Å².